The molecule has 0 saturated carbocycles. The summed E-state index contributed by atoms with van der Waals surface area (Å²) in [6.45, 7) is 0.597. The summed E-state index contributed by atoms with van der Waals surface area (Å²) in [6, 6.07) is 6.03. The number of carbonyl (C=O) groups is 1. The molecule has 0 spiro atoms. The van der Waals surface area contributed by atoms with E-state index in [9.17, 15) is 4.79 Å². The third-order valence-electron chi connectivity index (χ3n) is 2.57. The van der Waals surface area contributed by atoms with Crippen LogP contribution in [-0.4, -0.2) is 23.3 Å². The molecule has 0 saturated heterocycles. The average Bonchev–Trinajstić information content (AvgIpc) is 2.74. The molecule has 2 N–H and O–H groups in total. The molecule has 5 heteroatoms. The minimum atomic E-state index is -0.134. The van der Waals surface area contributed by atoms with E-state index in [1.807, 2.05) is 24.4 Å². The zero-order valence-corrected chi connectivity index (χ0v) is 11.4. The molecule has 3 nitrogen and oxygen atoms in total. The third-order valence-corrected chi connectivity index (χ3v) is 3.48. The molecule has 0 fully saturated rings. The smallest absolute Gasteiger partial charge is 0.234 e. The van der Waals surface area contributed by atoms with E-state index in [1.165, 1.54) is 10.9 Å². The van der Waals surface area contributed by atoms with Crippen molar-refractivity contribution < 1.29 is 4.79 Å². The lowest BCUT2D eigenvalue weighted by Crippen LogP contribution is -2.26. The molecule has 0 aliphatic carbocycles. The molecule has 0 aliphatic rings. The fourth-order valence-corrected chi connectivity index (χ4v) is 2.50. The molecule has 0 aliphatic heterocycles. The highest BCUT2D eigenvalue weighted by Crippen LogP contribution is 2.26. The van der Waals surface area contributed by atoms with Gasteiger partial charge in [0.05, 0.1) is 0 Å². The van der Waals surface area contributed by atoms with Gasteiger partial charge >= 0.3 is 0 Å². The van der Waals surface area contributed by atoms with Crippen LogP contribution in [-0.2, 0) is 11.2 Å². The lowest BCUT2D eigenvalue weighted by molar-refractivity contribution is -0.118. The Bertz CT molecular complexity index is 538. The highest BCUT2D eigenvalue weighted by atomic mass is 79.9. The van der Waals surface area contributed by atoms with E-state index in [2.05, 4.69) is 26.2 Å². The predicted molar refractivity (Wildman–Crippen MR) is 73.4 cm³/mol. The second-order valence-electron chi connectivity index (χ2n) is 3.71. The zero-order chi connectivity index (χ0) is 12.3. The summed E-state index contributed by atoms with van der Waals surface area (Å²) in [5.41, 5.74) is 2.28. The van der Waals surface area contributed by atoms with Crippen LogP contribution in [0.2, 0.25) is 0 Å². The van der Waals surface area contributed by atoms with Gasteiger partial charge in [-0.15, -0.1) is 11.6 Å². The quantitative estimate of drug-likeness (QED) is 0.837. The number of carbonyl (C=O) groups excluding carboxylic acids is 1. The number of aromatic amines is 1. The Hall–Kier alpha value is -1.000. The highest BCUT2D eigenvalue weighted by molar-refractivity contribution is 9.10. The molecule has 1 heterocycles. The van der Waals surface area contributed by atoms with Gasteiger partial charge in [-0.25, -0.2) is 0 Å². The van der Waals surface area contributed by atoms with Crippen molar-refractivity contribution >= 4 is 44.3 Å². The number of halogens is 2. The minimum Gasteiger partial charge on any atom is -0.361 e. The Balaban J connectivity index is 2.11. The van der Waals surface area contributed by atoms with E-state index >= 15 is 0 Å². The van der Waals surface area contributed by atoms with Crippen LogP contribution >= 0.6 is 27.5 Å². The van der Waals surface area contributed by atoms with Gasteiger partial charge in [-0.05, 0) is 24.1 Å². The lowest BCUT2D eigenvalue weighted by atomic mass is 10.1. The van der Waals surface area contributed by atoms with E-state index in [1.54, 1.807) is 0 Å². The fourth-order valence-electron chi connectivity index (χ4n) is 1.79. The number of fused-ring (bicyclic) bond motifs is 1. The van der Waals surface area contributed by atoms with E-state index < -0.39 is 0 Å². The van der Waals surface area contributed by atoms with Gasteiger partial charge < -0.3 is 10.3 Å². The van der Waals surface area contributed by atoms with Crippen molar-refractivity contribution in [2.45, 2.75) is 6.42 Å². The number of hydrogen-bond donors (Lipinski definition) is 2. The standard InChI is InChI=1S/C12H12BrClN2O/c13-9-2-1-3-10-12(9)8(7-16-10)4-5-15-11(17)6-14/h1-3,7,16H,4-6H2,(H,15,17). The highest BCUT2D eigenvalue weighted by Gasteiger charge is 2.07. The number of H-pyrrole nitrogens is 1. The van der Waals surface area contributed by atoms with Gasteiger partial charge in [0.15, 0.2) is 0 Å². The van der Waals surface area contributed by atoms with Crippen molar-refractivity contribution in [2.24, 2.45) is 0 Å². The largest absolute Gasteiger partial charge is 0.361 e. The first-order chi connectivity index (χ1) is 8.22. The van der Waals surface area contributed by atoms with Crippen LogP contribution in [0, 0.1) is 0 Å². The number of benzene rings is 1. The van der Waals surface area contributed by atoms with Gasteiger partial charge in [0.1, 0.15) is 5.88 Å². The molecule has 0 unspecified atom stereocenters. The van der Waals surface area contributed by atoms with Crippen molar-refractivity contribution in [3.05, 3.63) is 34.4 Å². The van der Waals surface area contributed by atoms with E-state index in [-0.39, 0.29) is 11.8 Å². The molecule has 17 heavy (non-hydrogen) atoms. The Labute approximate surface area is 113 Å². The number of alkyl halides is 1. The molecule has 90 valence electrons. The second-order valence-corrected chi connectivity index (χ2v) is 4.83. The van der Waals surface area contributed by atoms with E-state index in [4.69, 9.17) is 11.6 Å². The average molecular weight is 316 g/mol. The van der Waals surface area contributed by atoms with Crippen LogP contribution in [0.5, 0.6) is 0 Å². The molecule has 1 aromatic heterocycles. The predicted octanol–water partition coefficient (Wildman–Crippen LogP) is 2.83. The molecule has 2 aromatic rings. The van der Waals surface area contributed by atoms with E-state index in [0.717, 1.165) is 16.4 Å². The summed E-state index contributed by atoms with van der Waals surface area (Å²) >= 11 is 8.94. The van der Waals surface area contributed by atoms with Crippen molar-refractivity contribution in [3.8, 4) is 0 Å². The number of rotatable bonds is 4. The SMILES string of the molecule is O=C(CCl)NCCc1c[nH]c2cccc(Br)c12. The van der Waals surface area contributed by atoms with Crippen LogP contribution in [0.4, 0.5) is 0 Å². The Morgan fingerprint density at radius 2 is 2.29 bits per heavy atom. The summed E-state index contributed by atoms with van der Waals surface area (Å²) in [5, 5.41) is 3.93. The third kappa shape index (κ3) is 2.82. The minimum absolute atomic E-state index is 0.0115. The number of nitrogens with one attached hydrogen (secondary N) is 2. The maximum atomic E-state index is 11.0. The normalized spacial score (nSPS) is 10.7. The van der Waals surface area contributed by atoms with Crippen LogP contribution in [0.1, 0.15) is 5.56 Å². The molecule has 1 amide bonds. The van der Waals surface area contributed by atoms with Gasteiger partial charge in [0.2, 0.25) is 5.91 Å². The summed E-state index contributed by atoms with van der Waals surface area (Å²) in [4.78, 5) is 14.2. The topological polar surface area (TPSA) is 44.9 Å². The maximum absolute atomic E-state index is 11.0. The molecule has 0 radical (unpaired) electrons. The monoisotopic (exact) mass is 314 g/mol. The molecule has 2 rings (SSSR count). The molecular formula is C12H12BrClN2O. The second kappa shape index (κ2) is 5.56. The Morgan fingerprint density at radius 1 is 1.47 bits per heavy atom. The fraction of sp³-hybridized carbons (Fsp3) is 0.250. The van der Waals surface area contributed by atoms with Crippen molar-refractivity contribution in [1.82, 2.24) is 10.3 Å². The molecular weight excluding hydrogens is 304 g/mol. The van der Waals surface area contributed by atoms with Gasteiger partial charge in [0.25, 0.3) is 0 Å². The first-order valence-corrected chi connectivity index (χ1v) is 6.62. The zero-order valence-electron chi connectivity index (χ0n) is 9.09. The number of amides is 1. The summed E-state index contributed by atoms with van der Waals surface area (Å²) in [5.74, 6) is -0.122. The summed E-state index contributed by atoms with van der Waals surface area (Å²) in [7, 11) is 0. The van der Waals surface area contributed by atoms with Crippen LogP contribution in [0.3, 0.4) is 0 Å². The van der Waals surface area contributed by atoms with Gasteiger partial charge in [-0.1, -0.05) is 22.0 Å². The number of aromatic nitrogens is 1. The van der Waals surface area contributed by atoms with Gasteiger partial charge in [0, 0.05) is 28.1 Å². The summed E-state index contributed by atoms with van der Waals surface area (Å²) in [6.07, 6.45) is 2.76. The Kier molecular flexibility index (Phi) is 4.07. The first-order valence-electron chi connectivity index (χ1n) is 5.29. The maximum Gasteiger partial charge on any atom is 0.234 e. The molecule has 1 aromatic carbocycles. The van der Waals surface area contributed by atoms with Crippen molar-refractivity contribution in [1.29, 1.82) is 0 Å². The molecule has 0 atom stereocenters. The lowest BCUT2D eigenvalue weighted by Gasteiger charge is -2.03. The number of hydrogen-bond acceptors (Lipinski definition) is 1. The van der Waals surface area contributed by atoms with Gasteiger partial charge in [-0.2, -0.15) is 0 Å². The first kappa shape index (κ1) is 12.5. The van der Waals surface area contributed by atoms with Crippen LogP contribution in [0.25, 0.3) is 10.9 Å². The van der Waals surface area contributed by atoms with Crippen molar-refractivity contribution in [3.63, 3.8) is 0 Å². The van der Waals surface area contributed by atoms with Crippen molar-refractivity contribution in [2.75, 3.05) is 12.4 Å². The van der Waals surface area contributed by atoms with Crippen LogP contribution < -0.4 is 5.32 Å². The summed E-state index contributed by atoms with van der Waals surface area (Å²) < 4.78 is 1.06. The van der Waals surface area contributed by atoms with E-state index in [0.29, 0.717) is 6.54 Å². The van der Waals surface area contributed by atoms with Crippen LogP contribution in [0.15, 0.2) is 28.9 Å². The Morgan fingerprint density at radius 3 is 3.06 bits per heavy atom. The van der Waals surface area contributed by atoms with Gasteiger partial charge in [-0.3, -0.25) is 4.79 Å². The molecule has 0 bridgehead atoms.